The maximum atomic E-state index is 12.7. The van der Waals surface area contributed by atoms with E-state index in [1.807, 2.05) is 0 Å². The van der Waals surface area contributed by atoms with Gasteiger partial charge < -0.3 is 10.1 Å². The summed E-state index contributed by atoms with van der Waals surface area (Å²) in [6.45, 7) is 5.11. The molecule has 1 heterocycles. The Hall–Kier alpha value is -1.46. The van der Waals surface area contributed by atoms with Crippen LogP contribution in [0.15, 0.2) is 24.3 Å². The summed E-state index contributed by atoms with van der Waals surface area (Å²) in [5.74, 6) is -0.481. The number of hydrogen-bond acceptors (Lipinski definition) is 3. The van der Waals surface area contributed by atoms with Gasteiger partial charge >= 0.3 is 0 Å². The molecule has 1 amide bonds. The van der Waals surface area contributed by atoms with E-state index < -0.39 is 0 Å². The van der Waals surface area contributed by atoms with E-state index in [9.17, 15) is 9.18 Å². The third-order valence-corrected chi connectivity index (χ3v) is 3.15. The van der Waals surface area contributed by atoms with E-state index in [-0.39, 0.29) is 11.7 Å². The number of rotatable bonds is 5. The second kappa shape index (κ2) is 7.21. The number of halogens is 1. The number of carbonyl (C=O) groups is 1. The van der Waals surface area contributed by atoms with Crippen LogP contribution < -0.4 is 5.32 Å². The molecule has 104 valence electrons. The summed E-state index contributed by atoms with van der Waals surface area (Å²) >= 11 is 0. The van der Waals surface area contributed by atoms with Gasteiger partial charge in [-0.25, -0.2) is 4.39 Å². The van der Waals surface area contributed by atoms with Crippen LogP contribution in [-0.4, -0.2) is 50.2 Å². The van der Waals surface area contributed by atoms with Crippen molar-refractivity contribution in [1.29, 1.82) is 0 Å². The Morgan fingerprint density at radius 2 is 1.95 bits per heavy atom. The van der Waals surface area contributed by atoms with Gasteiger partial charge in [-0.15, -0.1) is 0 Å². The van der Waals surface area contributed by atoms with Gasteiger partial charge in [0.25, 0.3) is 5.91 Å². The third kappa shape index (κ3) is 4.61. The molecule has 0 spiro atoms. The van der Waals surface area contributed by atoms with Crippen molar-refractivity contribution in [3.05, 3.63) is 35.6 Å². The number of nitrogens with zero attached hydrogens (tertiary/aromatic N) is 1. The maximum Gasteiger partial charge on any atom is 0.251 e. The third-order valence-electron chi connectivity index (χ3n) is 3.15. The molecule has 19 heavy (non-hydrogen) atoms. The van der Waals surface area contributed by atoms with Crippen molar-refractivity contribution < 1.29 is 13.9 Å². The van der Waals surface area contributed by atoms with Crippen LogP contribution in [0.25, 0.3) is 0 Å². The van der Waals surface area contributed by atoms with Crippen LogP contribution in [0.1, 0.15) is 16.8 Å². The van der Waals surface area contributed by atoms with E-state index in [2.05, 4.69) is 10.2 Å². The highest BCUT2D eigenvalue weighted by Gasteiger charge is 2.10. The Balaban J connectivity index is 1.64. The monoisotopic (exact) mass is 266 g/mol. The quantitative estimate of drug-likeness (QED) is 0.816. The Morgan fingerprint density at radius 3 is 2.63 bits per heavy atom. The molecular formula is C14H19FN2O2. The zero-order chi connectivity index (χ0) is 13.5. The van der Waals surface area contributed by atoms with Gasteiger partial charge in [-0.1, -0.05) is 0 Å². The minimum Gasteiger partial charge on any atom is -0.379 e. The first kappa shape index (κ1) is 14.0. The molecule has 2 rings (SSSR count). The van der Waals surface area contributed by atoms with Crippen LogP contribution in [0.4, 0.5) is 4.39 Å². The topological polar surface area (TPSA) is 41.6 Å². The van der Waals surface area contributed by atoms with Gasteiger partial charge in [-0.2, -0.15) is 0 Å². The van der Waals surface area contributed by atoms with Crippen LogP contribution in [-0.2, 0) is 4.74 Å². The Labute approximate surface area is 112 Å². The van der Waals surface area contributed by atoms with E-state index >= 15 is 0 Å². The molecule has 0 radical (unpaired) electrons. The fourth-order valence-corrected chi connectivity index (χ4v) is 2.03. The lowest BCUT2D eigenvalue weighted by Crippen LogP contribution is -2.38. The van der Waals surface area contributed by atoms with Gasteiger partial charge in [0.15, 0.2) is 0 Å². The second-order valence-corrected chi connectivity index (χ2v) is 4.57. The normalized spacial score (nSPS) is 16.3. The highest BCUT2D eigenvalue weighted by Crippen LogP contribution is 2.02. The minimum absolute atomic E-state index is 0.151. The summed E-state index contributed by atoms with van der Waals surface area (Å²) in [4.78, 5) is 14.1. The molecule has 4 nitrogen and oxygen atoms in total. The van der Waals surface area contributed by atoms with E-state index in [1.54, 1.807) is 0 Å². The maximum absolute atomic E-state index is 12.7. The summed E-state index contributed by atoms with van der Waals surface area (Å²) in [5, 5.41) is 2.84. The number of amides is 1. The average Bonchev–Trinajstić information content (AvgIpc) is 2.45. The van der Waals surface area contributed by atoms with Crippen LogP contribution in [0, 0.1) is 5.82 Å². The predicted octanol–water partition coefficient (Wildman–Crippen LogP) is 1.28. The van der Waals surface area contributed by atoms with Gasteiger partial charge in [0.1, 0.15) is 5.82 Å². The summed E-state index contributed by atoms with van der Waals surface area (Å²) in [5.41, 5.74) is 0.493. The average molecular weight is 266 g/mol. The van der Waals surface area contributed by atoms with E-state index in [4.69, 9.17) is 4.74 Å². The van der Waals surface area contributed by atoms with Crippen molar-refractivity contribution in [1.82, 2.24) is 10.2 Å². The molecule has 0 unspecified atom stereocenters. The Morgan fingerprint density at radius 1 is 1.26 bits per heavy atom. The van der Waals surface area contributed by atoms with Crippen LogP contribution in [0.3, 0.4) is 0 Å². The lowest BCUT2D eigenvalue weighted by Gasteiger charge is -2.26. The molecule has 0 atom stereocenters. The molecular weight excluding hydrogens is 247 g/mol. The molecule has 0 aliphatic carbocycles. The lowest BCUT2D eigenvalue weighted by atomic mass is 10.2. The van der Waals surface area contributed by atoms with Gasteiger partial charge in [0, 0.05) is 25.2 Å². The van der Waals surface area contributed by atoms with Crippen LogP contribution in [0.2, 0.25) is 0 Å². The fraction of sp³-hybridized carbons (Fsp3) is 0.500. The Bertz CT molecular complexity index is 402. The molecule has 0 aromatic heterocycles. The van der Waals surface area contributed by atoms with Crippen molar-refractivity contribution in [3.8, 4) is 0 Å². The number of nitrogens with one attached hydrogen (secondary N) is 1. The van der Waals surface area contributed by atoms with Crippen LogP contribution >= 0.6 is 0 Å². The first-order valence-electron chi connectivity index (χ1n) is 6.59. The summed E-state index contributed by atoms with van der Waals surface area (Å²) in [6, 6.07) is 5.57. The van der Waals surface area contributed by atoms with E-state index in [0.29, 0.717) is 12.1 Å². The smallest absolute Gasteiger partial charge is 0.251 e. The van der Waals surface area contributed by atoms with Gasteiger partial charge in [0.2, 0.25) is 0 Å². The number of morpholine rings is 1. The van der Waals surface area contributed by atoms with Crippen molar-refractivity contribution in [2.45, 2.75) is 6.42 Å². The van der Waals surface area contributed by atoms with E-state index in [0.717, 1.165) is 39.3 Å². The number of carbonyl (C=O) groups excluding carboxylic acids is 1. The molecule has 0 bridgehead atoms. The number of ether oxygens (including phenoxy) is 1. The highest BCUT2D eigenvalue weighted by molar-refractivity contribution is 5.94. The second-order valence-electron chi connectivity index (χ2n) is 4.57. The molecule has 5 heteroatoms. The lowest BCUT2D eigenvalue weighted by molar-refractivity contribution is 0.0374. The van der Waals surface area contributed by atoms with Gasteiger partial charge in [-0.3, -0.25) is 9.69 Å². The van der Waals surface area contributed by atoms with Crippen molar-refractivity contribution >= 4 is 5.91 Å². The molecule has 1 saturated heterocycles. The van der Waals surface area contributed by atoms with Crippen LogP contribution in [0.5, 0.6) is 0 Å². The molecule has 1 fully saturated rings. The van der Waals surface area contributed by atoms with E-state index in [1.165, 1.54) is 24.3 Å². The standard InChI is InChI=1S/C14H19FN2O2/c15-13-4-2-12(3-5-13)14(18)16-6-1-7-17-8-10-19-11-9-17/h2-5H,1,6-11H2,(H,16,18). The highest BCUT2D eigenvalue weighted by atomic mass is 19.1. The van der Waals surface area contributed by atoms with Crippen molar-refractivity contribution in [2.24, 2.45) is 0 Å². The zero-order valence-electron chi connectivity index (χ0n) is 10.9. The molecule has 1 aliphatic heterocycles. The minimum atomic E-state index is -0.330. The first-order valence-corrected chi connectivity index (χ1v) is 6.59. The summed E-state index contributed by atoms with van der Waals surface area (Å²) in [7, 11) is 0. The zero-order valence-corrected chi connectivity index (χ0v) is 10.9. The summed E-state index contributed by atoms with van der Waals surface area (Å²) < 4.78 is 18.0. The molecule has 1 aromatic rings. The largest absolute Gasteiger partial charge is 0.379 e. The SMILES string of the molecule is O=C(NCCCN1CCOCC1)c1ccc(F)cc1. The fourth-order valence-electron chi connectivity index (χ4n) is 2.03. The summed E-state index contributed by atoms with van der Waals surface area (Å²) in [6.07, 6.45) is 0.910. The predicted molar refractivity (Wildman–Crippen MR) is 70.6 cm³/mol. The molecule has 1 aliphatic rings. The molecule has 0 saturated carbocycles. The van der Waals surface area contributed by atoms with Gasteiger partial charge in [0.05, 0.1) is 13.2 Å². The number of hydrogen-bond donors (Lipinski definition) is 1. The first-order chi connectivity index (χ1) is 9.25. The van der Waals surface area contributed by atoms with Crippen molar-refractivity contribution in [2.75, 3.05) is 39.4 Å². The van der Waals surface area contributed by atoms with Gasteiger partial charge in [-0.05, 0) is 37.2 Å². The van der Waals surface area contributed by atoms with Crippen molar-refractivity contribution in [3.63, 3.8) is 0 Å². The Kier molecular flexibility index (Phi) is 5.30. The molecule has 1 aromatic carbocycles. The number of benzene rings is 1. The molecule has 1 N–H and O–H groups in total.